The van der Waals surface area contributed by atoms with Crippen molar-refractivity contribution in [2.24, 2.45) is 10.8 Å². The molecule has 1 unspecified atom stereocenters. The third-order valence-electron chi connectivity index (χ3n) is 2.66. The van der Waals surface area contributed by atoms with Gasteiger partial charge in [0.05, 0.1) is 12.0 Å². The minimum Gasteiger partial charge on any atom is -0.395 e. The van der Waals surface area contributed by atoms with E-state index in [9.17, 15) is 14.7 Å². The molecule has 82 valence electrons. The fraction of sp³-hybridized carbons (Fsp3) is 0.800. The van der Waals surface area contributed by atoms with E-state index in [0.29, 0.717) is 0 Å². The van der Waals surface area contributed by atoms with Crippen molar-refractivity contribution in [3.8, 4) is 0 Å². The lowest BCUT2D eigenvalue weighted by Gasteiger charge is -2.37. The zero-order valence-corrected chi connectivity index (χ0v) is 9.38. The Hall–Kier alpha value is -0.900. The van der Waals surface area contributed by atoms with E-state index in [2.05, 4.69) is 4.74 Å². The van der Waals surface area contributed by atoms with Crippen molar-refractivity contribution in [1.29, 1.82) is 0 Å². The summed E-state index contributed by atoms with van der Waals surface area (Å²) in [7, 11) is 0. The molecule has 0 aliphatic heterocycles. The molecule has 14 heavy (non-hydrogen) atoms. The van der Waals surface area contributed by atoms with Gasteiger partial charge in [-0.1, -0.05) is 20.8 Å². The molecule has 0 aromatic heterocycles. The van der Waals surface area contributed by atoms with Crippen molar-refractivity contribution in [2.75, 3.05) is 6.61 Å². The molecule has 4 heteroatoms. The summed E-state index contributed by atoms with van der Waals surface area (Å²) in [6.07, 6.45) is 0. The van der Waals surface area contributed by atoms with Crippen molar-refractivity contribution in [3.63, 3.8) is 0 Å². The predicted molar refractivity (Wildman–Crippen MR) is 51.4 cm³/mol. The number of hydrogen-bond donors (Lipinski definition) is 1. The molecule has 0 radical (unpaired) electrons. The Bertz CT molecular complexity index is 239. The van der Waals surface area contributed by atoms with Crippen molar-refractivity contribution < 1.29 is 19.4 Å². The van der Waals surface area contributed by atoms with Gasteiger partial charge in [-0.15, -0.1) is 0 Å². The Morgan fingerprint density at radius 1 is 1.21 bits per heavy atom. The lowest BCUT2D eigenvalue weighted by atomic mass is 9.68. The van der Waals surface area contributed by atoms with E-state index in [0.717, 1.165) is 0 Å². The molecule has 0 aliphatic rings. The van der Waals surface area contributed by atoms with Crippen LogP contribution in [0.2, 0.25) is 0 Å². The normalized spacial score (nSPS) is 15.9. The van der Waals surface area contributed by atoms with Crippen LogP contribution in [0.1, 0.15) is 34.6 Å². The summed E-state index contributed by atoms with van der Waals surface area (Å²) in [5, 5.41) is 9.19. The second-order valence-corrected chi connectivity index (χ2v) is 4.62. The van der Waals surface area contributed by atoms with Crippen LogP contribution in [0.3, 0.4) is 0 Å². The maximum atomic E-state index is 11.6. The van der Waals surface area contributed by atoms with Gasteiger partial charge >= 0.3 is 11.9 Å². The Balaban J connectivity index is 4.87. The third-order valence-corrected chi connectivity index (χ3v) is 2.66. The molecule has 0 rings (SSSR count). The highest BCUT2D eigenvalue weighted by Gasteiger charge is 2.45. The topological polar surface area (TPSA) is 63.6 Å². The van der Waals surface area contributed by atoms with E-state index in [-0.39, 0.29) is 6.61 Å². The molecule has 1 atom stereocenters. The molecule has 0 spiro atoms. The molecule has 0 saturated heterocycles. The Labute approximate surface area is 84.3 Å². The minimum absolute atomic E-state index is 0.345. The Morgan fingerprint density at radius 2 is 1.64 bits per heavy atom. The highest BCUT2D eigenvalue weighted by molar-refractivity contribution is 5.88. The second kappa shape index (κ2) is 4.09. The number of esters is 2. The molecule has 0 aromatic rings. The van der Waals surface area contributed by atoms with Gasteiger partial charge in [0.2, 0.25) is 0 Å². The molecular weight excluding hydrogens is 184 g/mol. The summed E-state index contributed by atoms with van der Waals surface area (Å²) in [5.41, 5.74) is -1.52. The SMILES string of the molecule is CC(=O)OC(=O)C(C)(CO)C(C)(C)C. The van der Waals surface area contributed by atoms with Gasteiger partial charge in [0.1, 0.15) is 0 Å². The number of carbonyl (C=O) groups is 2. The molecule has 4 nitrogen and oxygen atoms in total. The molecule has 0 saturated carbocycles. The first-order chi connectivity index (χ1) is 6.15. The summed E-state index contributed by atoms with van der Waals surface area (Å²) in [6, 6.07) is 0. The van der Waals surface area contributed by atoms with Gasteiger partial charge in [0.15, 0.2) is 0 Å². The Morgan fingerprint density at radius 3 is 1.86 bits per heavy atom. The molecule has 0 heterocycles. The van der Waals surface area contributed by atoms with E-state index < -0.39 is 22.8 Å². The first-order valence-electron chi connectivity index (χ1n) is 4.49. The summed E-state index contributed by atoms with van der Waals surface area (Å²) >= 11 is 0. The smallest absolute Gasteiger partial charge is 0.322 e. The van der Waals surface area contributed by atoms with Gasteiger partial charge in [-0.05, 0) is 12.3 Å². The van der Waals surface area contributed by atoms with Crippen molar-refractivity contribution >= 4 is 11.9 Å². The second-order valence-electron chi connectivity index (χ2n) is 4.62. The molecule has 0 aliphatic carbocycles. The summed E-state index contributed by atoms with van der Waals surface area (Å²) in [6.45, 7) is 7.83. The van der Waals surface area contributed by atoms with E-state index in [1.807, 2.05) is 20.8 Å². The average Bonchev–Trinajstić information content (AvgIpc) is 1.99. The van der Waals surface area contributed by atoms with Crippen molar-refractivity contribution in [2.45, 2.75) is 34.6 Å². The molecule has 0 bridgehead atoms. The average molecular weight is 202 g/mol. The van der Waals surface area contributed by atoms with Crippen LogP contribution in [0.15, 0.2) is 0 Å². The minimum atomic E-state index is -1.06. The van der Waals surface area contributed by atoms with Gasteiger partial charge < -0.3 is 9.84 Å². The number of aliphatic hydroxyl groups excluding tert-OH is 1. The van der Waals surface area contributed by atoms with E-state index in [1.54, 1.807) is 6.92 Å². The lowest BCUT2D eigenvalue weighted by Crippen LogP contribution is -2.45. The van der Waals surface area contributed by atoms with Crippen LogP contribution in [0.25, 0.3) is 0 Å². The number of aliphatic hydroxyl groups is 1. The number of ether oxygens (including phenoxy) is 1. The molecule has 1 N–H and O–H groups in total. The van der Waals surface area contributed by atoms with Gasteiger partial charge in [0, 0.05) is 6.92 Å². The van der Waals surface area contributed by atoms with Crippen LogP contribution < -0.4 is 0 Å². The van der Waals surface area contributed by atoms with Crippen LogP contribution in [0.5, 0.6) is 0 Å². The lowest BCUT2D eigenvalue weighted by molar-refractivity contribution is -0.172. The van der Waals surface area contributed by atoms with E-state index in [4.69, 9.17) is 0 Å². The Kier molecular flexibility index (Phi) is 3.82. The van der Waals surface area contributed by atoms with Crippen molar-refractivity contribution in [1.82, 2.24) is 0 Å². The number of carbonyl (C=O) groups excluding carboxylic acids is 2. The number of rotatable bonds is 2. The van der Waals surface area contributed by atoms with E-state index >= 15 is 0 Å². The zero-order chi connectivity index (χ0) is 11.6. The molecular formula is C10H18O4. The summed E-state index contributed by atoms with van der Waals surface area (Å²) < 4.78 is 4.49. The largest absolute Gasteiger partial charge is 0.395 e. The quantitative estimate of drug-likeness (QED) is 0.538. The summed E-state index contributed by atoms with van der Waals surface area (Å²) in [5.74, 6) is -1.33. The molecule has 0 amide bonds. The highest BCUT2D eigenvalue weighted by Crippen LogP contribution is 2.38. The highest BCUT2D eigenvalue weighted by atomic mass is 16.6. The van der Waals surface area contributed by atoms with Crippen LogP contribution in [-0.2, 0) is 14.3 Å². The first-order valence-corrected chi connectivity index (χ1v) is 4.49. The third kappa shape index (κ3) is 2.54. The fourth-order valence-electron chi connectivity index (χ4n) is 0.851. The van der Waals surface area contributed by atoms with Gasteiger partial charge in [-0.3, -0.25) is 9.59 Å². The van der Waals surface area contributed by atoms with Crippen LogP contribution in [0.4, 0.5) is 0 Å². The monoisotopic (exact) mass is 202 g/mol. The standard InChI is InChI=1S/C10H18O4/c1-7(12)14-8(13)10(5,6-11)9(2,3)4/h11H,6H2,1-5H3. The molecule has 0 aromatic carbocycles. The van der Waals surface area contributed by atoms with Crippen LogP contribution >= 0.6 is 0 Å². The van der Waals surface area contributed by atoms with Gasteiger partial charge in [-0.25, -0.2) is 0 Å². The predicted octanol–water partition coefficient (Wildman–Crippen LogP) is 1.12. The maximum absolute atomic E-state index is 11.6. The van der Waals surface area contributed by atoms with Gasteiger partial charge in [0.25, 0.3) is 0 Å². The first kappa shape index (κ1) is 13.1. The number of hydrogen-bond acceptors (Lipinski definition) is 4. The zero-order valence-electron chi connectivity index (χ0n) is 9.38. The van der Waals surface area contributed by atoms with Crippen LogP contribution in [0, 0.1) is 10.8 Å². The maximum Gasteiger partial charge on any atom is 0.322 e. The molecule has 0 fully saturated rings. The van der Waals surface area contributed by atoms with Crippen molar-refractivity contribution in [3.05, 3.63) is 0 Å². The van der Waals surface area contributed by atoms with E-state index in [1.165, 1.54) is 6.92 Å². The van der Waals surface area contributed by atoms with Crippen LogP contribution in [-0.4, -0.2) is 23.7 Å². The fourth-order valence-corrected chi connectivity index (χ4v) is 0.851. The van der Waals surface area contributed by atoms with Gasteiger partial charge in [-0.2, -0.15) is 0 Å². The summed E-state index contributed by atoms with van der Waals surface area (Å²) in [4.78, 5) is 22.2.